The highest BCUT2D eigenvalue weighted by molar-refractivity contribution is 7.18. The van der Waals surface area contributed by atoms with Crippen LogP contribution >= 0.6 is 11.3 Å². The summed E-state index contributed by atoms with van der Waals surface area (Å²) in [4.78, 5) is 17.4. The highest BCUT2D eigenvalue weighted by Gasteiger charge is 2.54. The van der Waals surface area contributed by atoms with Crippen LogP contribution in [0, 0.1) is 17.8 Å². The normalized spacial score (nSPS) is 28.7. The molecular formula is C29H32N8O3S. The number of aliphatic hydroxyl groups is 1. The Bertz CT molecular complexity index is 1520. The third-order valence-electron chi connectivity index (χ3n) is 8.98. The Labute approximate surface area is 241 Å². The summed E-state index contributed by atoms with van der Waals surface area (Å²) < 4.78 is 11.5. The topological polar surface area (TPSA) is 134 Å². The molecule has 1 saturated heterocycles. The molecule has 4 heterocycles. The van der Waals surface area contributed by atoms with Gasteiger partial charge in [0.15, 0.2) is 5.13 Å². The maximum absolute atomic E-state index is 11.0. The summed E-state index contributed by atoms with van der Waals surface area (Å²) in [7, 11) is 0. The quantitative estimate of drug-likeness (QED) is 0.287. The molecule has 1 aliphatic heterocycles. The smallest absolute Gasteiger partial charge is 0.259 e. The number of benzene rings is 1. The second-order valence-electron chi connectivity index (χ2n) is 11.8. The van der Waals surface area contributed by atoms with Gasteiger partial charge < -0.3 is 29.8 Å². The van der Waals surface area contributed by atoms with E-state index in [0.29, 0.717) is 59.6 Å². The Balaban J connectivity index is 1.05. The van der Waals surface area contributed by atoms with Gasteiger partial charge in [-0.2, -0.15) is 9.97 Å². The summed E-state index contributed by atoms with van der Waals surface area (Å²) in [6.07, 6.45) is 6.79. The molecule has 4 aromatic rings. The van der Waals surface area contributed by atoms with Gasteiger partial charge in [-0.15, -0.1) is 10.2 Å². The largest absolute Gasteiger partial charge is 0.415 e. The standard InChI is InChI=1S/C29H32N8O3S/c38-29-13-17-10-19(14-29)24(20(11-17)15-29)34-27-31-22(12-23(33-27)37-6-8-39-9-7-37)32-28-30-16-21(41-28)26-36-35-25(40-26)18-4-2-1-3-5-18/h1-5,12,16-17,19-20,24,38H,6-11,13-15H2,(H2,30,31,32,33,34). The fourth-order valence-electron chi connectivity index (χ4n) is 7.44. The molecule has 4 aliphatic carbocycles. The second-order valence-corrected chi connectivity index (χ2v) is 12.9. The van der Waals surface area contributed by atoms with E-state index in [9.17, 15) is 5.11 Å². The monoisotopic (exact) mass is 572 g/mol. The SMILES string of the molecule is OC12CC3CC(C1)C(Nc1nc(Nc4ncc(-c5nnc(-c6ccccc6)o5)s4)cc(N4CCOCC4)n1)C(C3)C2. The predicted octanol–water partition coefficient (Wildman–Crippen LogP) is 4.58. The average molecular weight is 573 g/mol. The van der Waals surface area contributed by atoms with E-state index in [1.165, 1.54) is 24.2 Å². The van der Waals surface area contributed by atoms with Crippen molar-refractivity contribution < 1.29 is 14.3 Å². The molecule has 4 bridgehead atoms. The maximum Gasteiger partial charge on any atom is 0.259 e. The van der Waals surface area contributed by atoms with E-state index in [2.05, 4.69) is 30.7 Å². The third kappa shape index (κ3) is 4.93. The van der Waals surface area contributed by atoms with Crippen molar-refractivity contribution in [3.63, 3.8) is 0 Å². The Hall–Kier alpha value is -3.61. The number of nitrogens with zero attached hydrogens (tertiary/aromatic N) is 6. The fourth-order valence-corrected chi connectivity index (χ4v) is 8.19. The van der Waals surface area contributed by atoms with Gasteiger partial charge >= 0.3 is 0 Å². The number of morpholine rings is 1. The highest BCUT2D eigenvalue weighted by atomic mass is 32.1. The zero-order valence-corrected chi connectivity index (χ0v) is 23.4. The van der Waals surface area contributed by atoms with Crippen molar-refractivity contribution in [1.29, 1.82) is 0 Å². The summed E-state index contributed by atoms with van der Waals surface area (Å²) in [5.41, 5.74) is 0.403. The molecule has 3 N–H and O–H groups in total. The van der Waals surface area contributed by atoms with E-state index in [1.807, 2.05) is 36.4 Å². The van der Waals surface area contributed by atoms with Crippen LogP contribution in [0.3, 0.4) is 0 Å². The van der Waals surface area contributed by atoms with Gasteiger partial charge in [0.1, 0.15) is 16.5 Å². The number of hydrogen-bond acceptors (Lipinski definition) is 12. The first-order valence-electron chi connectivity index (χ1n) is 14.4. The Morgan fingerprint density at radius 3 is 2.54 bits per heavy atom. The lowest BCUT2D eigenvalue weighted by molar-refractivity contribution is -0.129. The van der Waals surface area contributed by atoms with Crippen molar-refractivity contribution in [2.75, 3.05) is 41.8 Å². The first kappa shape index (κ1) is 25.1. The summed E-state index contributed by atoms with van der Waals surface area (Å²) in [6.45, 7) is 2.91. The van der Waals surface area contributed by atoms with Crippen LogP contribution in [0.5, 0.6) is 0 Å². The number of ether oxygens (including phenoxy) is 1. The molecule has 2 atom stereocenters. The molecule has 0 radical (unpaired) electrons. The van der Waals surface area contributed by atoms with Gasteiger partial charge in [-0.05, 0) is 62.0 Å². The zero-order valence-electron chi connectivity index (χ0n) is 22.6. The van der Waals surface area contributed by atoms with Crippen LogP contribution < -0.4 is 15.5 Å². The lowest BCUT2D eigenvalue weighted by Gasteiger charge is -2.58. The third-order valence-corrected chi connectivity index (χ3v) is 9.88. The number of hydrogen-bond donors (Lipinski definition) is 3. The van der Waals surface area contributed by atoms with E-state index in [4.69, 9.17) is 19.1 Å². The van der Waals surface area contributed by atoms with Crippen molar-refractivity contribution in [2.24, 2.45) is 17.8 Å². The molecule has 9 rings (SSSR count). The summed E-state index contributed by atoms with van der Waals surface area (Å²) in [5.74, 6) is 4.60. The summed E-state index contributed by atoms with van der Waals surface area (Å²) in [5, 5.41) is 27.3. The molecule has 2 unspecified atom stereocenters. The minimum Gasteiger partial charge on any atom is -0.415 e. The first-order chi connectivity index (χ1) is 20.1. The molecule has 5 fully saturated rings. The molecular weight excluding hydrogens is 540 g/mol. The van der Waals surface area contributed by atoms with E-state index in [0.717, 1.165) is 48.6 Å². The van der Waals surface area contributed by atoms with Crippen LogP contribution in [0.2, 0.25) is 0 Å². The molecule has 0 spiro atoms. The zero-order chi connectivity index (χ0) is 27.4. The molecule has 212 valence electrons. The Morgan fingerprint density at radius 2 is 1.76 bits per heavy atom. The minimum absolute atomic E-state index is 0.280. The molecule has 0 amide bonds. The van der Waals surface area contributed by atoms with Gasteiger partial charge in [-0.25, -0.2) is 4.98 Å². The van der Waals surface area contributed by atoms with Crippen LogP contribution in [0.1, 0.15) is 32.1 Å². The highest BCUT2D eigenvalue weighted by Crippen LogP contribution is 2.56. The van der Waals surface area contributed by atoms with Crippen molar-refractivity contribution in [3.8, 4) is 22.2 Å². The van der Waals surface area contributed by atoms with Crippen molar-refractivity contribution in [3.05, 3.63) is 42.6 Å². The van der Waals surface area contributed by atoms with Gasteiger partial charge in [-0.3, -0.25) is 0 Å². The molecule has 11 nitrogen and oxygen atoms in total. The second kappa shape index (κ2) is 10.0. The number of anilines is 4. The fraction of sp³-hybridized carbons (Fsp3) is 0.483. The molecule has 1 aromatic carbocycles. The number of aromatic nitrogens is 5. The van der Waals surface area contributed by atoms with Crippen LogP contribution in [-0.4, -0.2) is 68.2 Å². The summed E-state index contributed by atoms with van der Waals surface area (Å²) >= 11 is 1.43. The minimum atomic E-state index is -0.472. The lowest BCUT2D eigenvalue weighted by atomic mass is 9.52. The van der Waals surface area contributed by atoms with Gasteiger partial charge in [0.05, 0.1) is 25.0 Å². The van der Waals surface area contributed by atoms with Crippen LogP contribution in [0.4, 0.5) is 22.7 Å². The lowest BCUT2D eigenvalue weighted by Crippen LogP contribution is -2.59. The molecule has 41 heavy (non-hydrogen) atoms. The average Bonchev–Trinajstić information content (AvgIpc) is 3.65. The van der Waals surface area contributed by atoms with Crippen LogP contribution in [0.15, 0.2) is 47.0 Å². The molecule has 3 aromatic heterocycles. The molecule has 12 heteroatoms. The van der Waals surface area contributed by atoms with Crippen LogP contribution in [0.25, 0.3) is 22.2 Å². The van der Waals surface area contributed by atoms with Crippen LogP contribution in [-0.2, 0) is 4.74 Å². The van der Waals surface area contributed by atoms with Crippen molar-refractivity contribution in [2.45, 2.75) is 43.7 Å². The predicted molar refractivity (Wildman–Crippen MR) is 155 cm³/mol. The van der Waals surface area contributed by atoms with E-state index >= 15 is 0 Å². The van der Waals surface area contributed by atoms with Crippen molar-refractivity contribution >= 4 is 34.1 Å². The van der Waals surface area contributed by atoms with Gasteiger partial charge in [0.25, 0.3) is 5.89 Å². The van der Waals surface area contributed by atoms with E-state index < -0.39 is 5.60 Å². The van der Waals surface area contributed by atoms with Gasteiger partial charge in [0, 0.05) is 30.8 Å². The number of rotatable bonds is 7. The van der Waals surface area contributed by atoms with Gasteiger partial charge in [-0.1, -0.05) is 29.5 Å². The maximum atomic E-state index is 11.0. The Kier molecular flexibility index (Phi) is 6.15. The Morgan fingerprint density at radius 1 is 0.976 bits per heavy atom. The number of nitrogens with one attached hydrogen (secondary N) is 2. The van der Waals surface area contributed by atoms with E-state index in [1.54, 1.807) is 6.20 Å². The molecule has 5 aliphatic rings. The van der Waals surface area contributed by atoms with Gasteiger partial charge in [0.2, 0.25) is 11.8 Å². The first-order valence-corrected chi connectivity index (χ1v) is 15.2. The molecule has 4 saturated carbocycles. The number of thiazole rings is 1. The summed E-state index contributed by atoms with van der Waals surface area (Å²) in [6, 6.07) is 12.0. The van der Waals surface area contributed by atoms with E-state index in [-0.39, 0.29) is 6.04 Å². The van der Waals surface area contributed by atoms with Crippen molar-refractivity contribution in [1.82, 2.24) is 25.1 Å².